The van der Waals surface area contributed by atoms with E-state index in [0.717, 1.165) is 23.2 Å². The minimum atomic E-state index is -0.347. The summed E-state index contributed by atoms with van der Waals surface area (Å²) in [5, 5.41) is 3.23. The Hall–Kier alpha value is -3.55. The molecule has 1 unspecified atom stereocenters. The van der Waals surface area contributed by atoms with E-state index < -0.39 is 0 Å². The molecule has 2 radical (unpaired) electrons. The van der Waals surface area contributed by atoms with E-state index in [1.54, 1.807) is 13.3 Å². The van der Waals surface area contributed by atoms with Gasteiger partial charge >= 0.3 is 0 Å². The maximum atomic E-state index is 12.0. The number of methoxy groups -OCH3 is 1. The van der Waals surface area contributed by atoms with Crippen LogP contribution in [-0.2, 0) is 11.3 Å². The predicted octanol–water partition coefficient (Wildman–Crippen LogP) is 3.07. The molecule has 0 aliphatic heterocycles. The summed E-state index contributed by atoms with van der Waals surface area (Å²) >= 11 is 0. The summed E-state index contributed by atoms with van der Waals surface area (Å²) in [7, 11) is 11.3. The second-order valence-electron chi connectivity index (χ2n) is 7.60. The highest BCUT2D eigenvalue weighted by Crippen LogP contribution is 2.32. The van der Waals surface area contributed by atoms with Crippen molar-refractivity contribution in [3.8, 4) is 5.75 Å². The van der Waals surface area contributed by atoms with Gasteiger partial charge in [0.05, 0.1) is 30.7 Å². The van der Waals surface area contributed by atoms with Crippen LogP contribution >= 0.6 is 0 Å². The van der Waals surface area contributed by atoms with Gasteiger partial charge in [-0.15, -0.1) is 0 Å². The molecule has 2 aromatic carbocycles. The molecule has 3 rings (SSSR count). The van der Waals surface area contributed by atoms with Crippen molar-refractivity contribution in [2.75, 3.05) is 36.3 Å². The molecule has 1 heterocycles. The van der Waals surface area contributed by atoms with Gasteiger partial charge in [0.25, 0.3) is 0 Å². The molecule has 1 aromatic heterocycles. The number of benzene rings is 2. The Bertz CT molecular complexity index is 1040. The molecule has 0 bridgehead atoms. The second kappa shape index (κ2) is 10.7. The number of rotatable bonds is 10. The number of nitrogens with one attached hydrogen (secondary N) is 1. The summed E-state index contributed by atoms with van der Waals surface area (Å²) in [4.78, 5) is 25.2. The van der Waals surface area contributed by atoms with Crippen molar-refractivity contribution in [3.63, 3.8) is 0 Å². The Kier molecular flexibility index (Phi) is 7.70. The number of aromatic nitrogens is 2. The topological polar surface area (TPSA) is 70.6 Å². The number of hydrogen-bond donors (Lipinski definition) is 1. The molecule has 0 aliphatic carbocycles. The summed E-state index contributed by atoms with van der Waals surface area (Å²) in [6.45, 7) is 2.49. The van der Waals surface area contributed by atoms with Crippen molar-refractivity contribution in [3.05, 3.63) is 60.3 Å². The first-order valence-corrected chi connectivity index (χ1v) is 10.5. The Labute approximate surface area is 190 Å². The minimum Gasteiger partial charge on any atom is -0.495 e. The molecule has 3 aromatic rings. The lowest BCUT2D eigenvalue weighted by atomic mass is 9.95. The van der Waals surface area contributed by atoms with E-state index in [1.165, 1.54) is 0 Å². The van der Waals surface area contributed by atoms with Crippen LogP contribution in [-0.4, -0.2) is 51.3 Å². The molecule has 0 aliphatic rings. The highest BCUT2D eigenvalue weighted by Gasteiger charge is 2.23. The maximum Gasteiger partial charge on any atom is 0.229 e. The normalized spacial score (nSPS) is 11.5. The lowest BCUT2D eigenvalue weighted by Gasteiger charge is -2.32. The zero-order chi connectivity index (χ0) is 23.1. The molecule has 1 atom stereocenters. The molecular weight excluding hydrogens is 401 g/mol. The Morgan fingerprint density at radius 2 is 1.88 bits per heavy atom. The van der Waals surface area contributed by atoms with Crippen molar-refractivity contribution in [1.82, 2.24) is 9.97 Å². The fraction of sp³-hybridized carbons (Fsp3) is 0.292. The molecule has 164 valence electrons. The fourth-order valence-electron chi connectivity index (χ4n) is 3.38. The average molecular weight is 429 g/mol. The summed E-state index contributed by atoms with van der Waals surface area (Å²) in [6.07, 6.45) is 3.37. The van der Waals surface area contributed by atoms with Crippen molar-refractivity contribution in [2.24, 2.45) is 0 Å². The molecule has 0 spiro atoms. The van der Waals surface area contributed by atoms with Crippen LogP contribution in [0.25, 0.3) is 0 Å². The van der Waals surface area contributed by atoms with Gasteiger partial charge in [0.15, 0.2) is 5.82 Å². The minimum absolute atomic E-state index is 0.347. The smallest absolute Gasteiger partial charge is 0.229 e. The van der Waals surface area contributed by atoms with Crippen LogP contribution in [0.2, 0.25) is 0 Å². The van der Waals surface area contributed by atoms with Gasteiger partial charge in [0.2, 0.25) is 5.95 Å². The third-order valence-corrected chi connectivity index (χ3v) is 5.17. The number of aldehydes is 1. The van der Waals surface area contributed by atoms with E-state index in [-0.39, 0.29) is 6.04 Å². The highest BCUT2D eigenvalue weighted by molar-refractivity contribution is 6.32. The number of carbonyl (C=O) groups is 1. The molecule has 0 fully saturated rings. The lowest BCUT2D eigenvalue weighted by molar-refractivity contribution is -0.109. The third-order valence-electron chi connectivity index (χ3n) is 5.17. The van der Waals surface area contributed by atoms with Crippen LogP contribution in [0.15, 0.2) is 54.7 Å². The van der Waals surface area contributed by atoms with Crippen molar-refractivity contribution >= 4 is 42.7 Å². The number of hydrogen-bond acceptors (Lipinski definition) is 7. The third kappa shape index (κ3) is 5.38. The predicted molar refractivity (Wildman–Crippen MR) is 131 cm³/mol. The standard InChI is InChI=1S/C24H28BN5O2/c1-5-19(16-31)30(15-17-10-12-18(25)13-11-17)23-21(29(2)3)14-26-24(28-23)27-20-8-6-7-9-22(20)32-4/h6-14,16,19H,5,15H2,1-4H3,(H,26,27,28). The zero-order valence-corrected chi connectivity index (χ0v) is 18.9. The first kappa shape index (κ1) is 23.1. The summed E-state index contributed by atoms with van der Waals surface area (Å²) < 4.78 is 5.43. The number of carbonyl (C=O) groups excluding carboxylic acids is 1. The largest absolute Gasteiger partial charge is 0.495 e. The number of anilines is 4. The number of ether oxygens (including phenoxy) is 1. The maximum absolute atomic E-state index is 12.0. The monoisotopic (exact) mass is 429 g/mol. The average Bonchev–Trinajstić information content (AvgIpc) is 2.80. The number of para-hydroxylation sites is 2. The van der Waals surface area contributed by atoms with Crippen molar-refractivity contribution < 1.29 is 9.53 Å². The molecule has 7 nitrogen and oxygen atoms in total. The van der Waals surface area contributed by atoms with Gasteiger partial charge in [-0.1, -0.05) is 48.8 Å². The van der Waals surface area contributed by atoms with Crippen LogP contribution in [0.1, 0.15) is 18.9 Å². The first-order chi connectivity index (χ1) is 15.5. The summed E-state index contributed by atoms with van der Waals surface area (Å²) in [6, 6.07) is 14.9. The molecule has 0 saturated heterocycles. The van der Waals surface area contributed by atoms with Crippen LogP contribution in [0.5, 0.6) is 5.75 Å². The Balaban J connectivity index is 2.05. The van der Waals surface area contributed by atoms with Gasteiger partial charge in [0, 0.05) is 20.6 Å². The summed E-state index contributed by atoms with van der Waals surface area (Å²) in [5.41, 5.74) is 3.29. The Morgan fingerprint density at radius 3 is 2.50 bits per heavy atom. The fourth-order valence-corrected chi connectivity index (χ4v) is 3.38. The first-order valence-electron chi connectivity index (χ1n) is 10.5. The van der Waals surface area contributed by atoms with Crippen LogP contribution in [0.4, 0.5) is 23.1 Å². The highest BCUT2D eigenvalue weighted by atomic mass is 16.5. The molecular formula is C24H28BN5O2. The van der Waals surface area contributed by atoms with Gasteiger partial charge < -0.3 is 24.6 Å². The van der Waals surface area contributed by atoms with E-state index in [0.29, 0.717) is 35.9 Å². The molecule has 8 heteroatoms. The van der Waals surface area contributed by atoms with Gasteiger partial charge in [-0.05, 0) is 24.1 Å². The summed E-state index contributed by atoms with van der Waals surface area (Å²) in [5.74, 6) is 1.77. The SMILES string of the molecule is [B]c1ccc(CN(c2nc(Nc3ccccc3OC)ncc2N(C)C)C(C=O)CC)cc1. The van der Waals surface area contributed by atoms with Crippen molar-refractivity contribution in [1.29, 1.82) is 0 Å². The quantitative estimate of drug-likeness (QED) is 0.392. The van der Waals surface area contributed by atoms with Gasteiger partial charge in [-0.25, -0.2) is 4.98 Å². The van der Waals surface area contributed by atoms with Gasteiger partial charge in [-0.3, -0.25) is 0 Å². The van der Waals surface area contributed by atoms with Gasteiger partial charge in [-0.2, -0.15) is 4.98 Å². The molecule has 0 saturated carbocycles. The van der Waals surface area contributed by atoms with Crippen LogP contribution in [0, 0.1) is 0 Å². The van der Waals surface area contributed by atoms with E-state index in [1.807, 2.05) is 79.3 Å². The molecule has 0 amide bonds. The van der Waals surface area contributed by atoms with E-state index in [2.05, 4.69) is 10.3 Å². The zero-order valence-electron chi connectivity index (χ0n) is 18.9. The number of nitrogens with zero attached hydrogens (tertiary/aromatic N) is 4. The molecule has 1 N–H and O–H groups in total. The lowest BCUT2D eigenvalue weighted by Crippen LogP contribution is -2.37. The van der Waals surface area contributed by atoms with Crippen LogP contribution < -0.4 is 25.3 Å². The van der Waals surface area contributed by atoms with Gasteiger partial charge in [0.1, 0.15) is 19.9 Å². The molecule has 32 heavy (non-hydrogen) atoms. The van der Waals surface area contributed by atoms with Crippen molar-refractivity contribution in [2.45, 2.75) is 25.9 Å². The Morgan fingerprint density at radius 1 is 1.16 bits per heavy atom. The van der Waals surface area contributed by atoms with E-state index in [4.69, 9.17) is 17.6 Å². The van der Waals surface area contributed by atoms with E-state index in [9.17, 15) is 4.79 Å². The van der Waals surface area contributed by atoms with Crippen LogP contribution in [0.3, 0.4) is 0 Å². The van der Waals surface area contributed by atoms with E-state index >= 15 is 0 Å². The second-order valence-corrected chi connectivity index (χ2v) is 7.60.